The average molecular weight is 349 g/mol. The van der Waals surface area contributed by atoms with Gasteiger partial charge in [-0.2, -0.15) is 0 Å². The van der Waals surface area contributed by atoms with E-state index in [-0.39, 0.29) is 0 Å². The molecule has 1 aromatic heterocycles. The first-order valence-corrected chi connectivity index (χ1v) is 7.96. The fourth-order valence-electron chi connectivity index (χ4n) is 2.78. The van der Waals surface area contributed by atoms with Crippen molar-refractivity contribution in [2.75, 3.05) is 0 Å². The third kappa shape index (κ3) is 2.16. The summed E-state index contributed by atoms with van der Waals surface area (Å²) < 4.78 is 7.24. The van der Waals surface area contributed by atoms with Gasteiger partial charge in [0.1, 0.15) is 11.3 Å². The highest BCUT2D eigenvalue weighted by atomic mass is 79.9. The predicted molar refractivity (Wildman–Crippen MR) is 94.8 cm³/mol. The normalized spacial score (nSPS) is 11.0. The van der Waals surface area contributed by atoms with Crippen LogP contribution in [0.4, 0.5) is 0 Å². The minimum atomic E-state index is 0.895. The number of hydrogen-bond acceptors (Lipinski definition) is 1. The van der Waals surface area contributed by atoms with Crippen molar-refractivity contribution in [3.63, 3.8) is 0 Å². The number of rotatable bonds is 2. The maximum atomic E-state index is 6.19. The molecule has 1 heterocycles. The van der Waals surface area contributed by atoms with Crippen LogP contribution in [0.1, 0.15) is 0 Å². The van der Waals surface area contributed by atoms with Crippen LogP contribution in [0.25, 0.3) is 33.4 Å². The van der Waals surface area contributed by atoms with Crippen LogP contribution in [0, 0.1) is 0 Å². The molecule has 0 aliphatic rings. The molecule has 4 rings (SSSR count). The highest BCUT2D eigenvalue weighted by molar-refractivity contribution is 9.10. The summed E-state index contributed by atoms with van der Waals surface area (Å²) in [6, 6.07) is 26.7. The van der Waals surface area contributed by atoms with E-state index in [0.29, 0.717) is 0 Å². The van der Waals surface area contributed by atoms with Gasteiger partial charge in [-0.25, -0.2) is 0 Å². The Labute approximate surface area is 137 Å². The molecule has 0 N–H and O–H groups in total. The minimum absolute atomic E-state index is 0.895. The van der Waals surface area contributed by atoms with Crippen molar-refractivity contribution in [1.29, 1.82) is 0 Å². The predicted octanol–water partition coefficient (Wildman–Crippen LogP) is 6.53. The van der Waals surface area contributed by atoms with Crippen molar-refractivity contribution in [2.45, 2.75) is 0 Å². The van der Waals surface area contributed by atoms with E-state index in [0.717, 1.165) is 37.9 Å². The summed E-state index contributed by atoms with van der Waals surface area (Å²) in [7, 11) is 0. The Morgan fingerprint density at radius 3 is 1.95 bits per heavy atom. The molecule has 0 saturated carbocycles. The van der Waals surface area contributed by atoms with Crippen LogP contribution in [-0.4, -0.2) is 0 Å². The summed E-state index contributed by atoms with van der Waals surface area (Å²) in [6.07, 6.45) is 0. The quantitative estimate of drug-likeness (QED) is 0.401. The van der Waals surface area contributed by atoms with Crippen molar-refractivity contribution < 1.29 is 4.42 Å². The van der Waals surface area contributed by atoms with Crippen LogP contribution in [0.5, 0.6) is 0 Å². The van der Waals surface area contributed by atoms with E-state index in [1.807, 2.05) is 36.4 Å². The number of fused-ring (bicyclic) bond motifs is 1. The molecule has 0 aliphatic carbocycles. The molecule has 22 heavy (non-hydrogen) atoms. The molecule has 1 nitrogen and oxygen atoms in total. The maximum absolute atomic E-state index is 6.19. The highest BCUT2D eigenvalue weighted by Gasteiger charge is 2.18. The van der Waals surface area contributed by atoms with Gasteiger partial charge in [-0.1, -0.05) is 82.7 Å². The Hall–Kier alpha value is -2.32. The van der Waals surface area contributed by atoms with Gasteiger partial charge < -0.3 is 4.42 Å². The van der Waals surface area contributed by atoms with Gasteiger partial charge in [0.2, 0.25) is 0 Å². The average Bonchev–Trinajstić information content (AvgIpc) is 2.97. The lowest BCUT2D eigenvalue weighted by atomic mass is 9.99. The lowest BCUT2D eigenvalue weighted by molar-refractivity contribution is 0.632. The second-order valence-corrected chi connectivity index (χ2v) is 6.01. The van der Waals surface area contributed by atoms with Gasteiger partial charge in [0.05, 0.1) is 0 Å². The number of halogens is 1. The van der Waals surface area contributed by atoms with E-state index in [9.17, 15) is 0 Å². The van der Waals surface area contributed by atoms with Gasteiger partial charge in [0, 0.05) is 21.0 Å². The summed E-state index contributed by atoms with van der Waals surface area (Å²) in [5.41, 5.74) is 4.28. The van der Waals surface area contributed by atoms with Gasteiger partial charge in [-0.3, -0.25) is 0 Å². The lowest BCUT2D eigenvalue weighted by Crippen LogP contribution is -1.81. The Morgan fingerprint density at radius 1 is 0.636 bits per heavy atom. The van der Waals surface area contributed by atoms with E-state index in [4.69, 9.17) is 4.42 Å². The van der Waals surface area contributed by atoms with Crippen LogP contribution in [-0.2, 0) is 0 Å². The minimum Gasteiger partial charge on any atom is -0.455 e. The topological polar surface area (TPSA) is 13.1 Å². The van der Waals surface area contributed by atoms with E-state index < -0.39 is 0 Å². The zero-order chi connectivity index (χ0) is 14.9. The SMILES string of the molecule is Brc1cccc2oc(-c3ccccc3)c(-c3ccccc3)c12. The van der Waals surface area contributed by atoms with E-state index >= 15 is 0 Å². The van der Waals surface area contributed by atoms with Crippen molar-refractivity contribution in [2.24, 2.45) is 0 Å². The van der Waals surface area contributed by atoms with Crippen LogP contribution >= 0.6 is 15.9 Å². The second-order valence-electron chi connectivity index (χ2n) is 5.15. The second kappa shape index (κ2) is 5.47. The molecule has 0 aliphatic heterocycles. The number of hydrogen-bond donors (Lipinski definition) is 0. The number of benzene rings is 3. The first-order chi connectivity index (χ1) is 10.8. The molecule has 0 spiro atoms. The molecule has 106 valence electrons. The first-order valence-electron chi connectivity index (χ1n) is 7.16. The van der Waals surface area contributed by atoms with Gasteiger partial charge in [-0.15, -0.1) is 0 Å². The molecule has 3 aromatic carbocycles. The summed E-state index contributed by atoms with van der Waals surface area (Å²) >= 11 is 3.67. The maximum Gasteiger partial charge on any atom is 0.143 e. The molecule has 4 aromatic rings. The molecule has 0 atom stereocenters. The van der Waals surface area contributed by atoms with E-state index in [2.05, 4.69) is 58.4 Å². The molecule has 0 fully saturated rings. The third-order valence-electron chi connectivity index (χ3n) is 3.76. The highest BCUT2D eigenvalue weighted by Crippen LogP contribution is 2.43. The summed E-state index contributed by atoms with van der Waals surface area (Å²) in [5.74, 6) is 0.911. The van der Waals surface area contributed by atoms with Gasteiger partial charge in [-0.05, 0) is 17.7 Å². The summed E-state index contributed by atoms with van der Waals surface area (Å²) in [5, 5.41) is 1.12. The summed E-state index contributed by atoms with van der Waals surface area (Å²) in [4.78, 5) is 0. The lowest BCUT2D eigenvalue weighted by Gasteiger charge is -2.04. The zero-order valence-corrected chi connectivity index (χ0v) is 13.4. The largest absolute Gasteiger partial charge is 0.455 e. The molecule has 2 heteroatoms. The molecule has 0 radical (unpaired) electrons. The number of furan rings is 1. The third-order valence-corrected chi connectivity index (χ3v) is 4.42. The van der Waals surface area contributed by atoms with Crippen molar-refractivity contribution >= 4 is 26.9 Å². The van der Waals surface area contributed by atoms with E-state index in [1.165, 1.54) is 0 Å². The van der Waals surface area contributed by atoms with Crippen LogP contribution in [0.15, 0.2) is 87.8 Å². The Balaban J connectivity index is 2.11. The Bertz CT molecular complexity index is 924. The summed E-state index contributed by atoms with van der Waals surface area (Å²) in [6.45, 7) is 0. The Morgan fingerprint density at radius 2 is 1.27 bits per heavy atom. The molecular weight excluding hydrogens is 336 g/mol. The van der Waals surface area contributed by atoms with Crippen molar-refractivity contribution in [3.05, 3.63) is 83.3 Å². The van der Waals surface area contributed by atoms with Gasteiger partial charge in [0.15, 0.2) is 0 Å². The molecule has 0 amide bonds. The van der Waals surface area contributed by atoms with Crippen LogP contribution in [0.3, 0.4) is 0 Å². The standard InChI is InChI=1S/C20H13BrO/c21-16-12-7-13-17-19(16)18(14-8-3-1-4-9-14)20(22-17)15-10-5-2-6-11-15/h1-13H. The van der Waals surface area contributed by atoms with Crippen molar-refractivity contribution in [1.82, 2.24) is 0 Å². The molecule has 0 unspecified atom stereocenters. The molecule has 0 bridgehead atoms. The molecular formula is C20H13BrO. The van der Waals surface area contributed by atoms with E-state index in [1.54, 1.807) is 0 Å². The molecule has 0 saturated heterocycles. The fraction of sp³-hybridized carbons (Fsp3) is 0. The monoisotopic (exact) mass is 348 g/mol. The van der Waals surface area contributed by atoms with Gasteiger partial charge >= 0.3 is 0 Å². The van der Waals surface area contributed by atoms with Gasteiger partial charge in [0.25, 0.3) is 0 Å². The van der Waals surface area contributed by atoms with Crippen LogP contribution in [0.2, 0.25) is 0 Å². The fourth-order valence-corrected chi connectivity index (χ4v) is 3.33. The smallest absolute Gasteiger partial charge is 0.143 e. The first kappa shape index (κ1) is 13.4. The van der Waals surface area contributed by atoms with Crippen molar-refractivity contribution in [3.8, 4) is 22.5 Å². The Kier molecular flexibility index (Phi) is 3.32. The zero-order valence-electron chi connectivity index (χ0n) is 11.8. The van der Waals surface area contributed by atoms with Crippen LogP contribution < -0.4 is 0 Å².